The average molecular weight is 428 g/mol. The Bertz CT molecular complexity index is 841. The van der Waals surface area contributed by atoms with Crippen LogP contribution < -0.4 is 10.1 Å². The van der Waals surface area contributed by atoms with Crippen LogP contribution in [0.3, 0.4) is 0 Å². The standard InChI is InChI=1S/C25H34FN3O2/c1-3-28(4-2)15-16-31-24-13-6-5-12-23(24)27-25(30)21-10-8-14-29(19-21)18-20-9-7-11-22(26)17-20/h5-7,9,11-13,17,21H,3-4,8,10,14-16,18-19H2,1-2H3,(H,27,30). The minimum atomic E-state index is -0.221. The lowest BCUT2D eigenvalue weighted by Crippen LogP contribution is -2.40. The molecule has 168 valence electrons. The molecular weight excluding hydrogens is 393 g/mol. The largest absolute Gasteiger partial charge is 0.490 e. The lowest BCUT2D eigenvalue weighted by atomic mass is 9.96. The van der Waals surface area contributed by atoms with Crippen LogP contribution in [-0.2, 0) is 11.3 Å². The molecule has 1 unspecified atom stereocenters. The van der Waals surface area contributed by atoms with Gasteiger partial charge in [-0.05, 0) is 62.3 Å². The summed E-state index contributed by atoms with van der Waals surface area (Å²) in [5.41, 5.74) is 1.65. The van der Waals surface area contributed by atoms with Crippen LogP contribution in [0.15, 0.2) is 48.5 Å². The van der Waals surface area contributed by atoms with Crippen LogP contribution in [0.5, 0.6) is 5.75 Å². The Morgan fingerprint density at radius 2 is 2.00 bits per heavy atom. The van der Waals surface area contributed by atoms with E-state index in [0.29, 0.717) is 31.1 Å². The molecule has 1 heterocycles. The second kappa shape index (κ2) is 11.8. The molecule has 1 N–H and O–H groups in total. The zero-order valence-electron chi connectivity index (χ0n) is 18.6. The van der Waals surface area contributed by atoms with Gasteiger partial charge in [0.25, 0.3) is 0 Å². The van der Waals surface area contributed by atoms with Gasteiger partial charge in [-0.3, -0.25) is 9.69 Å². The van der Waals surface area contributed by atoms with Crippen LogP contribution in [0, 0.1) is 11.7 Å². The van der Waals surface area contributed by atoms with E-state index in [9.17, 15) is 9.18 Å². The number of nitrogens with one attached hydrogen (secondary N) is 1. The minimum Gasteiger partial charge on any atom is -0.490 e. The van der Waals surface area contributed by atoms with Crippen molar-refractivity contribution in [2.24, 2.45) is 5.92 Å². The summed E-state index contributed by atoms with van der Waals surface area (Å²) in [6.45, 7) is 9.95. The summed E-state index contributed by atoms with van der Waals surface area (Å²) < 4.78 is 19.5. The molecule has 1 fully saturated rings. The van der Waals surface area contributed by atoms with E-state index >= 15 is 0 Å². The van der Waals surface area contributed by atoms with Crippen LogP contribution in [0.25, 0.3) is 0 Å². The predicted octanol–water partition coefficient (Wildman–Crippen LogP) is 4.40. The number of likely N-dealkylation sites (N-methyl/N-ethyl adjacent to an activating group) is 1. The molecule has 2 aromatic carbocycles. The fourth-order valence-electron chi connectivity index (χ4n) is 4.06. The van der Waals surface area contributed by atoms with Gasteiger partial charge in [0.05, 0.1) is 11.6 Å². The van der Waals surface area contributed by atoms with Gasteiger partial charge in [-0.1, -0.05) is 38.1 Å². The van der Waals surface area contributed by atoms with Crippen molar-refractivity contribution >= 4 is 11.6 Å². The highest BCUT2D eigenvalue weighted by atomic mass is 19.1. The fourth-order valence-corrected chi connectivity index (χ4v) is 4.06. The number of carbonyl (C=O) groups excluding carboxylic acids is 1. The molecule has 1 atom stereocenters. The van der Waals surface area contributed by atoms with Crippen molar-refractivity contribution in [1.82, 2.24) is 9.80 Å². The SMILES string of the molecule is CCN(CC)CCOc1ccccc1NC(=O)C1CCCN(Cc2cccc(F)c2)C1. The van der Waals surface area contributed by atoms with Gasteiger partial charge >= 0.3 is 0 Å². The van der Waals surface area contributed by atoms with Crippen LogP contribution in [0.1, 0.15) is 32.3 Å². The molecule has 2 aromatic rings. The van der Waals surface area contributed by atoms with Gasteiger partial charge in [0.15, 0.2) is 0 Å². The number of amides is 1. The lowest BCUT2D eigenvalue weighted by molar-refractivity contribution is -0.121. The van der Waals surface area contributed by atoms with E-state index in [-0.39, 0.29) is 17.6 Å². The summed E-state index contributed by atoms with van der Waals surface area (Å²) >= 11 is 0. The molecule has 0 radical (unpaired) electrons. The number of nitrogens with zero attached hydrogens (tertiary/aromatic N) is 2. The molecule has 1 saturated heterocycles. The summed E-state index contributed by atoms with van der Waals surface area (Å²) in [5, 5.41) is 3.08. The summed E-state index contributed by atoms with van der Waals surface area (Å²) in [7, 11) is 0. The first-order valence-corrected chi connectivity index (χ1v) is 11.3. The zero-order valence-corrected chi connectivity index (χ0v) is 18.6. The van der Waals surface area contributed by atoms with Crippen molar-refractivity contribution in [3.8, 4) is 5.75 Å². The first-order chi connectivity index (χ1) is 15.1. The normalized spacial score (nSPS) is 17.0. The Kier molecular flexibility index (Phi) is 8.85. The smallest absolute Gasteiger partial charge is 0.228 e. The Morgan fingerprint density at radius 1 is 1.19 bits per heavy atom. The van der Waals surface area contributed by atoms with Crippen LogP contribution in [-0.4, -0.2) is 55.0 Å². The third-order valence-electron chi connectivity index (χ3n) is 5.88. The van der Waals surface area contributed by atoms with E-state index in [2.05, 4.69) is 29.0 Å². The molecular formula is C25H34FN3O2. The van der Waals surface area contributed by atoms with Crippen molar-refractivity contribution in [3.05, 3.63) is 59.9 Å². The number of anilines is 1. The molecule has 31 heavy (non-hydrogen) atoms. The fraction of sp³-hybridized carbons (Fsp3) is 0.480. The van der Waals surface area contributed by atoms with Crippen molar-refractivity contribution in [1.29, 1.82) is 0 Å². The van der Waals surface area contributed by atoms with Gasteiger partial charge in [0.2, 0.25) is 5.91 Å². The van der Waals surface area contributed by atoms with Crippen molar-refractivity contribution in [3.63, 3.8) is 0 Å². The quantitative estimate of drug-likeness (QED) is 0.611. The maximum Gasteiger partial charge on any atom is 0.228 e. The molecule has 5 nitrogen and oxygen atoms in total. The molecule has 6 heteroatoms. The molecule has 1 aliphatic rings. The van der Waals surface area contributed by atoms with Gasteiger partial charge in [-0.2, -0.15) is 0 Å². The predicted molar refractivity (Wildman–Crippen MR) is 123 cm³/mol. The number of carbonyl (C=O) groups is 1. The van der Waals surface area contributed by atoms with Gasteiger partial charge < -0.3 is 15.0 Å². The van der Waals surface area contributed by atoms with E-state index in [1.54, 1.807) is 12.1 Å². The molecule has 1 aliphatic heterocycles. The molecule has 0 aromatic heterocycles. The minimum absolute atomic E-state index is 0.0173. The van der Waals surface area contributed by atoms with Gasteiger partial charge in [-0.25, -0.2) is 4.39 Å². The van der Waals surface area contributed by atoms with E-state index < -0.39 is 0 Å². The Labute approximate surface area is 185 Å². The van der Waals surface area contributed by atoms with Crippen molar-refractivity contribution in [2.45, 2.75) is 33.2 Å². The van der Waals surface area contributed by atoms with Crippen LogP contribution in [0.4, 0.5) is 10.1 Å². The first kappa shape index (κ1) is 23.2. The third-order valence-corrected chi connectivity index (χ3v) is 5.88. The molecule has 0 aliphatic carbocycles. The highest BCUT2D eigenvalue weighted by Crippen LogP contribution is 2.26. The maximum atomic E-state index is 13.5. The third kappa shape index (κ3) is 7.04. The molecule has 3 rings (SSSR count). The number of piperidine rings is 1. The second-order valence-electron chi connectivity index (χ2n) is 8.06. The van der Waals surface area contributed by atoms with E-state index in [1.165, 1.54) is 6.07 Å². The van der Waals surface area contributed by atoms with Crippen LogP contribution >= 0.6 is 0 Å². The molecule has 0 bridgehead atoms. The van der Waals surface area contributed by atoms with E-state index in [1.807, 2.05) is 30.3 Å². The number of halogens is 1. The Morgan fingerprint density at radius 3 is 2.77 bits per heavy atom. The molecule has 0 saturated carbocycles. The summed E-state index contributed by atoms with van der Waals surface area (Å²) in [6, 6.07) is 14.3. The number of para-hydroxylation sites is 2. The summed E-state index contributed by atoms with van der Waals surface area (Å²) in [5.74, 6) is 0.409. The van der Waals surface area contributed by atoms with Crippen molar-refractivity contribution in [2.75, 3.05) is 44.6 Å². The van der Waals surface area contributed by atoms with E-state index in [0.717, 1.165) is 44.6 Å². The number of likely N-dealkylation sites (tertiary alicyclic amines) is 1. The molecule has 0 spiro atoms. The Hall–Kier alpha value is -2.44. The number of hydrogen-bond acceptors (Lipinski definition) is 4. The topological polar surface area (TPSA) is 44.8 Å². The highest BCUT2D eigenvalue weighted by molar-refractivity contribution is 5.94. The summed E-state index contributed by atoms with van der Waals surface area (Å²) in [4.78, 5) is 17.5. The first-order valence-electron chi connectivity index (χ1n) is 11.3. The number of hydrogen-bond donors (Lipinski definition) is 1. The summed E-state index contributed by atoms with van der Waals surface area (Å²) in [6.07, 6.45) is 1.81. The lowest BCUT2D eigenvalue weighted by Gasteiger charge is -2.32. The van der Waals surface area contributed by atoms with Gasteiger partial charge in [0, 0.05) is 19.6 Å². The highest BCUT2D eigenvalue weighted by Gasteiger charge is 2.26. The van der Waals surface area contributed by atoms with Gasteiger partial charge in [-0.15, -0.1) is 0 Å². The Balaban J connectivity index is 1.55. The number of ether oxygens (including phenoxy) is 1. The zero-order chi connectivity index (χ0) is 22.1. The van der Waals surface area contributed by atoms with Gasteiger partial charge in [0.1, 0.15) is 18.2 Å². The second-order valence-corrected chi connectivity index (χ2v) is 8.06. The monoisotopic (exact) mass is 427 g/mol. The average Bonchev–Trinajstić information content (AvgIpc) is 2.78. The maximum absolute atomic E-state index is 13.5. The molecule has 1 amide bonds. The number of rotatable bonds is 10. The van der Waals surface area contributed by atoms with E-state index in [4.69, 9.17) is 4.74 Å². The number of benzene rings is 2. The van der Waals surface area contributed by atoms with Crippen LogP contribution in [0.2, 0.25) is 0 Å². The van der Waals surface area contributed by atoms with Crippen molar-refractivity contribution < 1.29 is 13.9 Å².